The van der Waals surface area contributed by atoms with Gasteiger partial charge < -0.3 is 4.42 Å². The molecule has 1 atom stereocenters. The second-order valence-corrected chi connectivity index (χ2v) is 4.90. The second kappa shape index (κ2) is 3.33. The number of furan rings is 1. The molecule has 0 amide bonds. The summed E-state index contributed by atoms with van der Waals surface area (Å²) >= 11 is 0. The van der Waals surface area contributed by atoms with E-state index < -0.39 is 14.3 Å². The molecule has 1 heterocycles. The molecule has 0 saturated carbocycles. The number of halogens is 1. The fourth-order valence-corrected chi connectivity index (χ4v) is 1.95. The molecule has 66 valence electrons. The van der Waals surface area contributed by atoms with Gasteiger partial charge in [0, 0.05) is 10.7 Å². The fourth-order valence-electron chi connectivity index (χ4n) is 0.823. The van der Waals surface area contributed by atoms with Crippen LogP contribution in [-0.2, 0) is 9.05 Å². The van der Waals surface area contributed by atoms with Crippen molar-refractivity contribution in [3.05, 3.63) is 36.8 Å². The molecule has 0 aliphatic carbocycles. The van der Waals surface area contributed by atoms with Gasteiger partial charge in [-0.2, -0.15) is 0 Å². The van der Waals surface area contributed by atoms with Crippen molar-refractivity contribution in [3.8, 4) is 0 Å². The topological polar surface area (TPSA) is 47.3 Å². The highest BCUT2D eigenvalue weighted by Gasteiger charge is 2.23. The van der Waals surface area contributed by atoms with E-state index in [2.05, 4.69) is 6.58 Å². The Morgan fingerprint density at radius 3 is 2.67 bits per heavy atom. The first-order chi connectivity index (χ1) is 5.55. The standard InChI is InChI=1S/C7H7ClO3S/c1-2-7(12(8,9)10)6-4-3-5-11-6/h2-5,7H,1H2. The molecule has 0 N–H and O–H groups in total. The normalized spacial score (nSPS) is 14.1. The maximum atomic E-state index is 10.9. The summed E-state index contributed by atoms with van der Waals surface area (Å²) in [6, 6.07) is 3.13. The summed E-state index contributed by atoms with van der Waals surface area (Å²) < 4.78 is 26.7. The minimum Gasteiger partial charge on any atom is -0.468 e. The third-order valence-corrected chi connectivity index (χ3v) is 2.95. The molecule has 5 heteroatoms. The van der Waals surface area contributed by atoms with E-state index >= 15 is 0 Å². The molecule has 0 radical (unpaired) electrons. The van der Waals surface area contributed by atoms with Gasteiger partial charge in [-0.15, -0.1) is 6.58 Å². The molecular formula is C7H7ClO3S. The van der Waals surface area contributed by atoms with Gasteiger partial charge in [-0.1, -0.05) is 6.08 Å². The van der Waals surface area contributed by atoms with E-state index in [0.717, 1.165) is 0 Å². The Hall–Kier alpha value is -0.740. The van der Waals surface area contributed by atoms with Gasteiger partial charge >= 0.3 is 0 Å². The van der Waals surface area contributed by atoms with Gasteiger partial charge in [-0.25, -0.2) is 8.42 Å². The number of hydrogen-bond donors (Lipinski definition) is 0. The van der Waals surface area contributed by atoms with Gasteiger partial charge in [-0.05, 0) is 12.1 Å². The molecule has 3 nitrogen and oxygen atoms in total. The predicted octanol–water partition coefficient (Wildman–Crippen LogP) is 2.08. The van der Waals surface area contributed by atoms with E-state index in [4.69, 9.17) is 15.1 Å². The largest absolute Gasteiger partial charge is 0.468 e. The highest BCUT2D eigenvalue weighted by Crippen LogP contribution is 2.26. The summed E-state index contributed by atoms with van der Waals surface area (Å²) in [4.78, 5) is 0. The van der Waals surface area contributed by atoms with Gasteiger partial charge in [0.1, 0.15) is 5.76 Å². The minimum atomic E-state index is -3.68. The van der Waals surface area contributed by atoms with Crippen molar-refractivity contribution in [2.75, 3.05) is 0 Å². The molecule has 0 spiro atoms. The van der Waals surface area contributed by atoms with Gasteiger partial charge in [-0.3, -0.25) is 0 Å². The first-order valence-electron chi connectivity index (χ1n) is 3.15. The quantitative estimate of drug-likeness (QED) is 0.562. The zero-order valence-electron chi connectivity index (χ0n) is 6.10. The molecule has 1 aromatic rings. The van der Waals surface area contributed by atoms with E-state index in [-0.39, 0.29) is 5.76 Å². The third kappa shape index (κ3) is 1.89. The maximum absolute atomic E-state index is 10.9. The van der Waals surface area contributed by atoms with E-state index in [1.807, 2.05) is 0 Å². The van der Waals surface area contributed by atoms with Gasteiger partial charge in [0.25, 0.3) is 0 Å². The summed E-state index contributed by atoms with van der Waals surface area (Å²) in [6.45, 7) is 3.36. The Balaban J connectivity index is 3.08. The molecule has 0 bridgehead atoms. The highest BCUT2D eigenvalue weighted by atomic mass is 35.7. The first kappa shape index (κ1) is 9.35. The van der Waals surface area contributed by atoms with Crippen molar-refractivity contribution in [1.82, 2.24) is 0 Å². The zero-order valence-corrected chi connectivity index (χ0v) is 7.68. The second-order valence-electron chi connectivity index (χ2n) is 2.15. The monoisotopic (exact) mass is 206 g/mol. The van der Waals surface area contributed by atoms with Crippen LogP contribution in [0, 0.1) is 0 Å². The third-order valence-electron chi connectivity index (χ3n) is 1.34. The van der Waals surface area contributed by atoms with Crippen LogP contribution in [0.15, 0.2) is 35.5 Å². The van der Waals surface area contributed by atoms with Crippen LogP contribution in [0.25, 0.3) is 0 Å². The van der Waals surface area contributed by atoms with Crippen molar-refractivity contribution >= 4 is 19.7 Å². The average molecular weight is 207 g/mol. The summed E-state index contributed by atoms with van der Waals surface area (Å²) in [5, 5.41) is -0.964. The van der Waals surface area contributed by atoms with Crippen LogP contribution in [0.3, 0.4) is 0 Å². The van der Waals surface area contributed by atoms with Crippen LogP contribution in [0.5, 0.6) is 0 Å². The lowest BCUT2D eigenvalue weighted by Crippen LogP contribution is -2.02. The maximum Gasteiger partial charge on any atom is 0.246 e. The Morgan fingerprint density at radius 1 is 1.67 bits per heavy atom. The number of rotatable bonds is 3. The fraction of sp³-hybridized carbons (Fsp3) is 0.143. The van der Waals surface area contributed by atoms with E-state index in [1.54, 1.807) is 6.07 Å². The van der Waals surface area contributed by atoms with Crippen LogP contribution in [0.2, 0.25) is 0 Å². The van der Waals surface area contributed by atoms with E-state index in [1.165, 1.54) is 18.4 Å². The van der Waals surface area contributed by atoms with Crippen molar-refractivity contribution < 1.29 is 12.8 Å². The van der Waals surface area contributed by atoms with Crippen molar-refractivity contribution in [3.63, 3.8) is 0 Å². The zero-order chi connectivity index (χ0) is 9.19. The smallest absolute Gasteiger partial charge is 0.246 e. The SMILES string of the molecule is C=CC(c1ccco1)S(=O)(=O)Cl. The molecule has 1 unspecified atom stereocenters. The number of hydrogen-bond acceptors (Lipinski definition) is 3. The molecule has 0 aromatic carbocycles. The molecule has 1 aromatic heterocycles. The Kier molecular flexibility index (Phi) is 2.59. The Labute approximate surface area is 75.1 Å². The van der Waals surface area contributed by atoms with Crippen LogP contribution >= 0.6 is 10.7 Å². The first-order valence-corrected chi connectivity index (χ1v) is 5.52. The van der Waals surface area contributed by atoms with Crippen LogP contribution in [-0.4, -0.2) is 8.42 Å². The Bertz CT molecular complexity index is 352. The lowest BCUT2D eigenvalue weighted by Gasteiger charge is -2.03. The Morgan fingerprint density at radius 2 is 2.33 bits per heavy atom. The predicted molar refractivity (Wildman–Crippen MR) is 46.4 cm³/mol. The lowest BCUT2D eigenvalue weighted by atomic mass is 10.3. The molecule has 0 saturated heterocycles. The average Bonchev–Trinajstić information content (AvgIpc) is 2.38. The van der Waals surface area contributed by atoms with Crippen LogP contribution in [0.1, 0.15) is 11.0 Å². The molecule has 0 aliphatic rings. The lowest BCUT2D eigenvalue weighted by molar-refractivity contribution is 0.511. The van der Waals surface area contributed by atoms with E-state index in [0.29, 0.717) is 0 Å². The van der Waals surface area contributed by atoms with E-state index in [9.17, 15) is 8.42 Å². The van der Waals surface area contributed by atoms with Crippen LogP contribution in [0.4, 0.5) is 0 Å². The molecular weight excluding hydrogens is 200 g/mol. The summed E-state index contributed by atoms with van der Waals surface area (Å²) in [6.07, 6.45) is 2.61. The molecule has 1 rings (SSSR count). The summed E-state index contributed by atoms with van der Waals surface area (Å²) in [5.41, 5.74) is 0. The molecule has 0 aliphatic heterocycles. The van der Waals surface area contributed by atoms with Crippen molar-refractivity contribution in [2.45, 2.75) is 5.25 Å². The van der Waals surface area contributed by atoms with Gasteiger partial charge in [0.2, 0.25) is 9.05 Å². The summed E-state index contributed by atoms with van der Waals surface area (Å²) in [7, 11) is 1.45. The molecule has 0 fully saturated rings. The van der Waals surface area contributed by atoms with Gasteiger partial charge in [0.05, 0.1) is 6.26 Å². The summed E-state index contributed by atoms with van der Waals surface area (Å²) in [5.74, 6) is 0.278. The molecule has 12 heavy (non-hydrogen) atoms. The highest BCUT2D eigenvalue weighted by molar-refractivity contribution is 8.14. The minimum absolute atomic E-state index is 0.278. The van der Waals surface area contributed by atoms with Gasteiger partial charge in [0.15, 0.2) is 5.25 Å². The van der Waals surface area contributed by atoms with Crippen LogP contribution < -0.4 is 0 Å². The van der Waals surface area contributed by atoms with Crippen molar-refractivity contribution in [1.29, 1.82) is 0 Å². The van der Waals surface area contributed by atoms with Crippen molar-refractivity contribution in [2.24, 2.45) is 0 Å².